The Kier molecular flexibility index (Phi) is 6.15. The van der Waals surface area contributed by atoms with Crippen LogP contribution >= 0.6 is 0 Å². The fourth-order valence-corrected chi connectivity index (χ4v) is 5.66. The number of carbonyl (C=O) groups is 1. The minimum Gasteiger partial charge on any atom is -0.469 e. The first-order valence-corrected chi connectivity index (χ1v) is 11.9. The lowest BCUT2D eigenvalue weighted by Gasteiger charge is -2.38. The van der Waals surface area contributed by atoms with Gasteiger partial charge in [0, 0.05) is 25.7 Å². The Labute approximate surface area is 185 Å². The zero-order valence-corrected chi connectivity index (χ0v) is 18.6. The van der Waals surface area contributed by atoms with Crippen LogP contribution in [0.1, 0.15) is 52.9 Å². The molecule has 5 heteroatoms. The smallest absolute Gasteiger partial charge is 0.257 e. The first-order chi connectivity index (χ1) is 15.2. The van der Waals surface area contributed by atoms with Crippen LogP contribution < -0.4 is 0 Å². The fourth-order valence-electron chi connectivity index (χ4n) is 5.66. The van der Waals surface area contributed by atoms with Crippen LogP contribution in [0.2, 0.25) is 0 Å². The quantitative estimate of drug-likeness (QED) is 0.704. The van der Waals surface area contributed by atoms with Crippen LogP contribution in [-0.2, 0) is 17.6 Å². The highest BCUT2D eigenvalue weighted by Crippen LogP contribution is 2.29. The third kappa shape index (κ3) is 4.58. The number of amides is 1. The number of aryl methyl sites for hydroxylation is 1. The molecule has 0 unspecified atom stereocenters. The fraction of sp³-hybridized carbons (Fsp3) is 0.577. The molecule has 1 aromatic carbocycles. The standard InChI is InChI=1S/C26H34N2O3/c1-19-25(10-14-30-19)26(29)28(18-24-7-4-13-31-24)17-20-8-11-27(12-9-20)23-15-21-5-2-3-6-22(21)16-23/h2-3,5-6,10,14,20,23-24H,4,7-9,11-13,15-18H2,1H3/t24-/m0/s1. The number of carbonyl (C=O) groups excluding carboxylic acids is 1. The van der Waals surface area contributed by atoms with Crippen molar-refractivity contribution in [2.24, 2.45) is 5.92 Å². The van der Waals surface area contributed by atoms with Gasteiger partial charge in [-0.2, -0.15) is 0 Å². The number of likely N-dealkylation sites (tertiary alicyclic amines) is 1. The Morgan fingerprint density at radius 2 is 1.81 bits per heavy atom. The lowest BCUT2D eigenvalue weighted by atomic mass is 9.94. The van der Waals surface area contributed by atoms with Crippen molar-refractivity contribution in [3.63, 3.8) is 0 Å². The third-order valence-electron chi connectivity index (χ3n) is 7.50. The molecule has 1 aliphatic carbocycles. The summed E-state index contributed by atoms with van der Waals surface area (Å²) in [5.41, 5.74) is 3.75. The molecule has 1 atom stereocenters. The molecule has 0 radical (unpaired) electrons. The van der Waals surface area contributed by atoms with Crippen molar-refractivity contribution in [3.8, 4) is 0 Å². The molecular formula is C26H34N2O3. The van der Waals surface area contributed by atoms with Crippen LogP contribution in [0.3, 0.4) is 0 Å². The molecule has 1 amide bonds. The van der Waals surface area contributed by atoms with Gasteiger partial charge in [-0.25, -0.2) is 0 Å². The molecule has 166 valence electrons. The van der Waals surface area contributed by atoms with Gasteiger partial charge in [0.25, 0.3) is 5.91 Å². The molecule has 5 nitrogen and oxygen atoms in total. The lowest BCUT2D eigenvalue weighted by molar-refractivity contribution is 0.0428. The summed E-state index contributed by atoms with van der Waals surface area (Å²) in [5, 5.41) is 0. The van der Waals surface area contributed by atoms with Crippen molar-refractivity contribution in [2.75, 3.05) is 32.8 Å². The van der Waals surface area contributed by atoms with E-state index in [0.29, 0.717) is 29.8 Å². The van der Waals surface area contributed by atoms with Crippen LogP contribution in [-0.4, -0.2) is 60.6 Å². The van der Waals surface area contributed by atoms with Gasteiger partial charge in [-0.15, -0.1) is 0 Å². The molecular weight excluding hydrogens is 388 g/mol. The van der Waals surface area contributed by atoms with Crippen LogP contribution in [0.25, 0.3) is 0 Å². The van der Waals surface area contributed by atoms with Gasteiger partial charge in [0.1, 0.15) is 5.76 Å². The normalized spacial score (nSPS) is 22.7. The maximum absolute atomic E-state index is 13.3. The van der Waals surface area contributed by atoms with Gasteiger partial charge < -0.3 is 14.1 Å². The van der Waals surface area contributed by atoms with Crippen LogP contribution in [0.5, 0.6) is 0 Å². The van der Waals surface area contributed by atoms with Gasteiger partial charge >= 0.3 is 0 Å². The van der Waals surface area contributed by atoms with E-state index in [1.807, 2.05) is 11.8 Å². The monoisotopic (exact) mass is 422 g/mol. The van der Waals surface area contributed by atoms with E-state index in [0.717, 1.165) is 51.9 Å². The lowest BCUT2D eigenvalue weighted by Crippen LogP contribution is -2.46. The molecule has 2 saturated heterocycles. The Bertz CT molecular complexity index is 869. The maximum Gasteiger partial charge on any atom is 0.257 e. The van der Waals surface area contributed by atoms with E-state index < -0.39 is 0 Å². The molecule has 0 saturated carbocycles. The number of rotatable bonds is 6. The number of fused-ring (bicyclic) bond motifs is 1. The van der Waals surface area contributed by atoms with Gasteiger partial charge in [-0.3, -0.25) is 9.69 Å². The SMILES string of the molecule is Cc1occc1C(=O)N(CC1CCN(C2Cc3ccccc3C2)CC1)C[C@@H]1CCCO1. The van der Waals surface area contributed by atoms with Crippen molar-refractivity contribution in [3.05, 3.63) is 59.0 Å². The van der Waals surface area contributed by atoms with E-state index in [4.69, 9.17) is 9.15 Å². The van der Waals surface area contributed by atoms with Crippen molar-refractivity contribution in [1.29, 1.82) is 0 Å². The first kappa shape index (κ1) is 20.8. The van der Waals surface area contributed by atoms with Gasteiger partial charge in [0.2, 0.25) is 0 Å². The minimum absolute atomic E-state index is 0.0930. The number of furan rings is 1. The molecule has 0 spiro atoms. The molecule has 2 fully saturated rings. The van der Waals surface area contributed by atoms with Crippen LogP contribution in [0.15, 0.2) is 41.0 Å². The molecule has 5 rings (SSSR count). The highest BCUT2D eigenvalue weighted by molar-refractivity contribution is 5.95. The van der Waals surface area contributed by atoms with E-state index >= 15 is 0 Å². The van der Waals surface area contributed by atoms with E-state index in [-0.39, 0.29) is 12.0 Å². The molecule has 3 heterocycles. The Morgan fingerprint density at radius 1 is 1.06 bits per heavy atom. The molecule has 0 N–H and O–H groups in total. The summed E-state index contributed by atoms with van der Waals surface area (Å²) in [6.45, 7) is 6.48. The molecule has 2 aromatic rings. The molecule has 0 bridgehead atoms. The third-order valence-corrected chi connectivity index (χ3v) is 7.50. The zero-order chi connectivity index (χ0) is 21.2. The summed E-state index contributed by atoms with van der Waals surface area (Å²) in [6, 6.07) is 11.4. The second kappa shape index (κ2) is 9.17. The Hall–Kier alpha value is -2.11. The van der Waals surface area contributed by atoms with Crippen molar-refractivity contribution in [1.82, 2.24) is 9.80 Å². The summed E-state index contributed by atoms with van der Waals surface area (Å²) in [4.78, 5) is 18.0. The topological polar surface area (TPSA) is 45.9 Å². The second-order valence-corrected chi connectivity index (χ2v) is 9.55. The number of benzene rings is 1. The highest BCUT2D eigenvalue weighted by Gasteiger charge is 2.32. The molecule has 2 aliphatic heterocycles. The number of piperidine rings is 1. The summed E-state index contributed by atoms with van der Waals surface area (Å²) in [5.74, 6) is 1.35. The largest absolute Gasteiger partial charge is 0.469 e. The summed E-state index contributed by atoms with van der Waals surface area (Å²) < 4.78 is 11.3. The average molecular weight is 423 g/mol. The average Bonchev–Trinajstić information content (AvgIpc) is 3.54. The predicted octanol–water partition coefficient (Wildman–Crippen LogP) is 4.09. The number of nitrogens with zero attached hydrogens (tertiary/aromatic N) is 2. The minimum atomic E-state index is 0.0930. The van der Waals surface area contributed by atoms with Gasteiger partial charge in [0.05, 0.1) is 17.9 Å². The second-order valence-electron chi connectivity index (χ2n) is 9.55. The van der Waals surface area contributed by atoms with Gasteiger partial charge in [0.15, 0.2) is 0 Å². The van der Waals surface area contributed by atoms with E-state index in [9.17, 15) is 4.79 Å². The maximum atomic E-state index is 13.3. The number of ether oxygens (including phenoxy) is 1. The van der Waals surface area contributed by atoms with Gasteiger partial charge in [-0.05, 0) is 81.6 Å². The van der Waals surface area contributed by atoms with Gasteiger partial charge in [-0.1, -0.05) is 24.3 Å². The van der Waals surface area contributed by atoms with Crippen LogP contribution in [0.4, 0.5) is 0 Å². The Balaban J connectivity index is 1.19. The highest BCUT2D eigenvalue weighted by atomic mass is 16.5. The predicted molar refractivity (Wildman–Crippen MR) is 120 cm³/mol. The van der Waals surface area contributed by atoms with E-state index in [1.165, 1.54) is 24.0 Å². The Morgan fingerprint density at radius 3 is 2.42 bits per heavy atom. The van der Waals surface area contributed by atoms with E-state index in [2.05, 4.69) is 29.2 Å². The first-order valence-electron chi connectivity index (χ1n) is 11.9. The number of hydrogen-bond acceptors (Lipinski definition) is 4. The summed E-state index contributed by atoms with van der Waals surface area (Å²) >= 11 is 0. The summed E-state index contributed by atoms with van der Waals surface area (Å²) in [7, 11) is 0. The van der Waals surface area contributed by atoms with Crippen molar-refractivity contribution in [2.45, 2.75) is 57.6 Å². The van der Waals surface area contributed by atoms with Crippen molar-refractivity contribution < 1.29 is 13.9 Å². The zero-order valence-electron chi connectivity index (χ0n) is 18.6. The number of hydrogen-bond donors (Lipinski definition) is 0. The van der Waals surface area contributed by atoms with Crippen molar-refractivity contribution >= 4 is 5.91 Å². The molecule has 31 heavy (non-hydrogen) atoms. The molecule has 1 aromatic heterocycles. The molecule has 3 aliphatic rings. The van der Waals surface area contributed by atoms with E-state index in [1.54, 1.807) is 12.3 Å². The van der Waals surface area contributed by atoms with Crippen LogP contribution in [0, 0.1) is 12.8 Å². The summed E-state index contributed by atoms with van der Waals surface area (Å²) in [6.07, 6.45) is 8.63.